The molecular formula is C22H29N3O4. The first kappa shape index (κ1) is 22.2. The number of carbonyl (C=O) groups excluding carboxylic acids is 1. The van der Waals surface area contributed by atoms with E-state index in [1.54, 1.807) is 4.68 Å². The van der Waals surface area contributed by atoms with Crippen LogP contribution in [0.15, 0.2) is 30.3 Å². The van der Waals surface area contributed by atoms with Crippen LogP contribution in [0.3, 0.4) is 0 Å². The lowest BCUT2D eigenvalue weighted by Crippen LogP contribution is -2.12. The molecule has 1 N–H and O–H groups in total. The molecule has 1 aromatic carbocycles. The Labute approximate surface area is 171 Å². The molecule has 0 radical (unpaired) electrons. The molecule has 29 heavy (non-hydrogen) atoms. The van der Waals surface area contributed by atoms with Crippen LogP contribution in [-0.4, -0.2) is 36.1 Å². The highest BCUT2D eigenvalue weighted by Crippen LogP contribution is 2.29. The van der Waals surface area contributed by atoms with Crippen molar-refractivity contribution in [2.45, 2.75) is 46.6 Å². The Morgan fingerprint density at radius 3 is 2.38 bits per heavy atom. The highest BCUT2D eigenvalue weighted by Gasteiger charge is 2.19. The first-order chi connectivity index (χ1) is 13.7. The van der Waals surface area contributed by atoms with Gasteiger partial charge in [-0.3, -0.25) is 4.68 Å². The largest absolute Gasteiger partial charge is 0.510 e. The third-order valence-electron chi connectivity index (χ3n) is 4.43. The van der Waals surface area contributed by atoms with Gasteiger partial charge in [0.05, 0.1) is 12.8 Å². The molecule has 0 atom stereocenters. The van der Waals surface area contributed by atoms with Gasteiger partial charge >= 0.3 is 6.16 Å². The van der Waals surface area contributed by atoms with Crippen LogP contribution in [0.1, 0.15) is 50.2 Å². The van der Waals surface area contributed by atoms with Crippen LogP contribution in [0, 0.1) is 12.3 Å². The summed E-state index contributed by atoms with van der Waals surface area (Å²) in [6.07, 6.45) is 0.400. The van der Waals surface area contributed by atoms with Gasteiger partial charge in [0.2, 0.25) is 6.79 Å². The molecule has 7 heteroatoms. The fourth-order valence-electron chi connectivity index (χ4n) is 2.88. The average molecular weight is 399 g/mol. The second-order valence-corrected chi connectivity index (χ2v) is 7.56. The lowest BCUT2D eigenvalue weighted by Gasteiger charge is -2.20. The summed E-state index contributed by atoms with van der Waals surface area (Å²) in [6.45, 7) is 10.6. The van der Waals surface area contributed by atoms with Crippen LogP contribution >= 0.6 is 0 Å². The predicted octanol–water partition coefficient (Wildman–Crippen LogP) is 4.78. The zero-order valence-electron chi connectivity index (χ0n) is 17.9. The molecule has 1 heterocycles. The van der Waals surface area contributed by atoms with E-state index in [0.29, 0.717) is 23.6 Å². The summed E-state index contributed by atoms with van der Waals surface area (Å²) in [5.41, 5.74) is 4.13. The maximum absolute atomic E-state index is 11.3. The highest BCUT2D eigenvalue weighted by atomic mass is 16.8. The van der Waals surface area contributed by atoms with Crippen molar-refractivity contribution in [1.29, 1.82) is 5.41 Å². The Hall–Kier alpha value is -3.09. The lowest BCUT2D eigenvalue weighted by atomic mass is 9.86. The van der Waals surface area contributed by atoms with Crippen molar-refractivity contribution in [2.75, 3.05) is 13.9 Å². The molecule has 0 saturated heterocycles. The lowest BCUT2D eigenvalue weighted by molar-refractivity contribution is 0.00351. The fourth-order valence-corrected chi connectivity index (χ4v) is 2.88. The molecule has 0 aliphatic heterocycles. The van der Waals surface area contributed by atoms with Crippen molar-refractivity contribution >= 4 is 23.7 Å². The molecule has 0 saturated carbocycles. The molecule has 2 aromatic rings. The summed E-state index contributed by atoms with van der Waals surface area (Å²) in [5.74, 6) is 0.412. The molecule has 0 unspecified atom stereocenters. The number of nitrogens with zero attached hydrogens (tertiary/aromatic N) is 2. The van der Waals surface area contributed by atoms with Crippen molar-refractivity contribution in [3.8, 4) is 0 Å². The standard InChI is InChI=1S/C22H29N3O4/c1-7-25-19(12-15(2)24-25)20(28-14-29-21(26)27-6)18(13-23)16-8-10-17(11-9-16)22(3,4)5/h8-13,23H,7,14H2,1-6H3/b20-18-,23-13?. The fraction of sp³-hybridized carbons (Fsp3) is 0.409. The summed E-state index contributed by atoms with van der Waals surface area (Å²) in [4.78, 5) is 11.3. The van der Waals surface area contributed by atoms with Gasteiger partial charge in [0, 0.05) is 18.3 Å². The molecule has 0 amide bonds. The number of allylic oxidation sites excluding steroid dienone is 1. The Morgan fingerprint density at radius 2 is 1.86 bits per heavy atom. The minimum Gasteiger partial charge on any atom is -0.454 e. The molecule has 2 rings (SSSR count). The van der Waals surface area contributed by atoms with E-state index in [2.05, 4.69) is 30.6 Å². The van der Waals surface area contributed by atoms with Crippen LogP contribution in [-0.2, 0) is 26.2 Å². The van der Waals surface area contributed by atoms with Gasteiger partial charge in [0.25, 0.3) is 0 Å². The number of rotatable bonds is 7. The number of ether oxygens (including phenoxy) is 3. The van der Waals surface area contributed by atoms with Gasteiger partial charge in [-0.15, -0.1) is 0 Å². The second kappa shape index (κ2) is 9.41. The maximum atomic E-state index is 11.3. The van der Waals surface area contributed by atoms with Gasteiger partial charge in [0.15, 0.2) is 5.76 Å². The second-order valence-electron chi connectivity index (χ2n) is 7.56. The number of aryl methyl sites for hydroxylation is 2. The van der Waals surface area contributed by atoms with E-state index < -0.39 is 6.16 Å². The van der Waals surface area contributed by atoms with Crippen LogP contribution in [0.5, 0.6) is 0 Å². The molecule has 0 aliphatic carbocycles. The summed E-state index contributed by atoms with van der Waals surface area (Å²) < 4.78 is 17.0. The average Bonchev–Trinajstić information content (AvgIpc) is 3.07. The van der Waals surface area contributed by atoms with Crippen molar-refractivity contribution in [2.24, 2.45) is 0 Å². The number of methoxy groups -OCH3 is 1. The normalized spacial score (nSPS) is 12.2. The van der Waals surface area contributed by atoms with E-state index >= 15 is 0 Å². The zero-order chi connectivity index (χ0) is 21.6. The topological polar surface area (TPSA) is 86.4 Å². The van der Waals surface area contributed by atoms with Gasteiger partial charge in [-0.1, -0.05) is 45.0 Å². The first-order valence-electron chi connectivity index (χ1n) is 9.45. The molecule has 0 bridgehead atoms. The van der Waals surface area contributed by atoms with Gasteiger partial charge in [0.1, 0.15) is 5.69 Å². The molecule has 7 nitrogen and oxygen atoms in total. The minimum atomic E-state index is -0.838. The SMILES string of the molecule is CCn1nc(C)cc1/C(OCOC(=O)OC)=C(\C=N)c1ccc(C(C)(C)C)cc1. The van der Waals surface area contributed by atoms with Gasteiger partial charge in [-0.05, 0) is 36.5 Å². The Balaban J connectivity index is 2.53. The van der Waals surface area contributed by atoms with E-state index in [4.69, 9.17) is 14.9 Å². The molecular weight excluding hydrogens is 370 g/mol. The van der Waals surface area contributed by atoms with Gasteiger partial charge in [-0.25, -0.2) is 4.79 Å². The third-order valence-corrected chi connectivity index (χ3v) is 4.43. The van der Waals surface area contributed by atoms with E-state index in [9.17, 15) is 4.79 Å². The minimum absolute atomic E-state index is 0.0265. The Morgan fingerprint density at radius 1 is 1.21 bits per heavy atom. The van der Waals surface area contributed by atoms with Gasteiger partial charge < -0.3 is 19.6 Å². The van der Waals surface area contributed by atoms with Crippen molar-refractivity contribution in [3.63, 3.8) is 0 Å². The Kier molecular flexibility index (Phi) is 7.20. The van der Waals surface area contributed by atoms with Crippen molar-refractivity contribution in [3.05, 3.63) is 52.8 Å². The van der Waals surface area contributed by atoms with E-state index in [-0.39, 0.29) is 12.2 Å². The number of aromatic nitrogens is 2. The highest BCUT2D eigenvalue weighted by molar-refractivity contribution is 6.16. The van der Waals surface area contributed by atoms with Crippen LogP contribution in [0.4, 0.5) is 4.79 Å². The number of hydrogen-bond donors (Lipinski definition) is 1. The predicted molar refractivity (Wildman–Crippen MR) is 113 cm³/mol. The van der Waals surface area contributed by atoms with Crippen molar-refractivity contribution < 1.29 is 19.0 Å². The summed E-state index contributed by atoms with van der Waals surface area (Å²) >= 11 is 0. The first-order valence-corrected chi connectivity index (χ1v) is 9.45. The van der Waals surface area contributed by atoms with Crippen LogP contribution in [0.2, 0.25) is 0 Å². The summed E-state index contributed by atoms with van der Waals surface area (Å²) in [5, 5.41) is 12.5. The molecule has 156 valence electrons. The van der Waals surface area contributed by atoms with E-state index in [0.717, 1.165) is 11.3 Å². The monoisotopic (exact) mass is 399 g/mol. The molecule has 0 spiro atoms. The van der Waals surface area contributed by atoms with E-state index in [1.807, 2.05) is 44.2 Å². The number of nitrogens with one attached hydrogen (secondary N) is 1. The Bertz CT molecular complexity index is 890. The van der Waals surface area contributed by atoms with Crippen LogP contribution < -0.4 is 0 Å². The quantitative estimate of drug-likeness (QED) is 0.313. The molecule has 1 aromatic heterocycles. The number of benzene rings is 1. The van der Waals surface area contributed by atoms with Gasteiger partial charge in [-0.2, -0.15) is 5.10 Å². The van der Waals surface area contributed by atoms with Crippen molar-refractivity contribution in [1.82, 2.24) is 9.78 Å². The molecule has 0 fully saturated rings. The zero-order valence-corrected chi connectivity index (χ0v) is 17.9. The summed E-state index contributed by atoms with van der Waals surface area (Å²) in [6, 6.07) is 9.90. The molecule has 0 aliphatic rings. The van der Waals surface area contributed by atoms with E-state index in [1.165, 1.54) is 18.9 Å². The smallest absolute Gasteiger partial charge is 0.454 e. The third kappa shape index (κ3) is 5.47. The number of hydrogen-bond acceptors (Lipinski definition) is 6. The van der Waals surface area contributed by atoms with Crippen LogP contribution in [0.25, 0.3) is 11.3 Å². The maximum Gasteiger partial charge on any atom is 0.510 e. The summed E-state index contributed by atoms with van der Waals surface area (Å²) in [7, 11) is 1.23. The number of carbonyl (C=O) groups is 1.